The number of carbonyl (C=O) groups is 1. The predicted molar refractivity (Wildman–Crippen MR) is 123 cm³/mol. The highest BCUT2D eigenvalue weighted by Crippen LogP contribution is 2.25. The molecule has 1 N–H and O–H groups in total. The van der Waals surface area contributed by atoms with Gasteiger partial charge in [0, 0.05) is 56.8 Å². The van der Waals surface area contributed by atoms with Crippen LogP contribution < -0.4 is 9.46 Å². The molecular formula is C22H28F2N4O4S2. The third kappa shape index (κ3) is 6.09. The van der Waals surface area contributed by atoms with Crippen molar-refractivity contribution >= 4 is 27.3 Å². The summed E-state index contributed by atoms with van der Waals surface area (Å²) in [6.07, 6.45) is 5.46. The first-order valence-corrected chi connectivity index (χ1v) is 13.7. The summed E-state index contributed by atoms with van der Waals surface area (Å²) in [7, 11) is -4.38. The minimum Gasteiger partial charge on any atom is -0.467 e. The lowest BCUT2D eigenvalue weighted by atomic mass is 9.98. The molecule has 2 aliphatic heterocycles. The van der Waals surface area contributed by atoms with Crippen LogP contribution in [0.15, 0.2) is 34.7 Å². The van der Waals surface area contributed by atoms with Gasteiger partial charge in [-0.15, -0.1) is 0 Å². The minimum absolute atomic E-state index is 0.0700. The number of sulfonamides is 1. The molecule has 0 unspecified atom stereocenters. The second kappa shape index (κ2) is 11.1. The Labute approximate surface area is 202 Å². The number of ether oxygens (including phenoxy) is 1. The summed E-state index contributed by atoms with van der Waals surface area (Å²) in [4.78, 5) is 19.9. The van der Waals surface area contributed by atoms with E-state index in [1.54, 1.807) is 11.1 Å². The monoisotopic (exact) mass is 514 g/mol. The average molecular weight is 515 g/mol. The molecule has 0 bridgehead atoms. The molecule has 1 amide bonds. The first-order valence-electron chi connectivity index (χ1n) is 11.3. The van der Waals surface area contributed by atoms with Crippen LogP contribution in [0.1, 0.15) is 32.1 Å². The van der Waals surface area contributed by atoms with Crippen LogP contribution in [0.5, 0.6) is 5.19 Å². The van der Waals surface area contributed by atoms with Crippen molar-refractivity contribution < 1.29 is 26.7 Å². The number of nitrogens with zero attached hydrogens (tertiary/aromatic N) is 3. The van der Waals surface area contributed by atoms with E-state index < -0.39 is 26.6 Å². The molecule has 1 aromatic carbocycles. The molecule has 2 aromatic rings. The highest BCUT2D eigenvalue weighted by molar-refractivity contribution is 7.89. The van der Waals surface area contributed by atoms with E-state index in [1.807, 2.05) is 5.38 Å². The third-order valence-corrected chi connectivity index (χ3v) is 8.48. The molecule has 2 saturated heterocycles. The Morgan fingerprint density at radius 2 is 1.79 bits per heavy atom. The summed E-state index contributed by atoms with van der Waals surface area (Å²) in [6.45, 7) is 2.88. The molecule has 1 aromatic heterocycles. The van der Waals surface area contributed by atoms with Crippen molar-refractivity contribution in [3.63, 3.8) is 0 Å². The second-order valence-corrected chi connectivity index (χ2v) is 11.0. The van der Waals surface area contributed by atoms with Crippen LogP contribution in [0, 0.1) is 11.6 Å². The lowest BCUT2D eigenvalue weighted by molar-refractivity contribution is -0.132. The van der Waals surface area contributed by atoms with Crippen LogP contribution in [-0.4, -0.2) is 74.0 Å². The van der Waals surface area contributed by atoms with Crippen molar-refractivity contribution in [1.82, 2.24) is 19.5 Å². The molecule has 12 heteroatoms. The summed E-state index contributed by atoms with van der Waals surface area (Å²) >= 11 is 1.50. The highest BCUT2D eigenvalue weighted by Gasteiger charge is 2.30. The maximum atomic E-state index is 13.8. The molecule has 0 atom stereocenters. The van der Waals surface area contributed by atoms with Gasteiger partial charge in [0.05, 0.1) is 0 Å². The van der Waals surface area contributed by atoms with Crippen LogP contribution in [0.2, 0.25) is 0 Å². The van der Waals surface area contributed by atoms with Gasteiger partial charge in [-0.05, 0) is 37.8 Å². The molecule has 3 heterocycles. The Balaban J connectivity index is 1.18. The highest BCUT2D eigenvalue weighted by atomic mass is 32.2. The van der Waals surface area contributed by atoms with Crippen LogP contribution >= 0.6 is 11.3 Å². The van der Waals surface area contributed by atoms with E-state index in [0.717, 1.165) is 57.0 Å². The largest absolute Gasteiger partial charge is 0.467 e. The first-order chi connectivity index (χ1) is 16.3. The van der Waals surface area contributed by atoms with Crippen molar-refractivity contribution in [3.05, 3.63) is 41.4 Å². The summed E-state index contributed by atoms with van der Waals surface area (Å²) in [5, 5.41) is 2.61. The van der Waals surface area contributed by atoms with Gasteiger partial charge >= 0.3 is 0 Å². The van der Waals surface area contributed by atoms with Crippen LogP contribution in [0.25, 0.3) is 0 Å². The van der Waals surface area contributed by atoms with Gasteiger partial charge in [-0.3, -0.25) is 9.69 Å². The average Bonchev–Trinajstić information content (AvgIpc) is 3.32. The zero-order valence-corrected chi connectivity index (χ0v) is 20.3. The number of piperidine rings is 2. The number of likely N-dealkylation sites (tertiary alicyclic amines) is 2. The zero-order valence-electron chi connectivity index (χ0n) is 18.7. The predicted octanol–water partition coefficient (Wildman–Crippen LogP) is 2.62. The quantitative estimate of drug-likeness (QED) is 0.583. The molecule has 0 aliphatic carbocycles. The summed E-state index contributed by atoms with van der Waals surface area (Å²) in [6, 6.07) is 3.26. The third-order valence-electron chi connectivity index (χ3n) is 6.31. The molecule has 34 heavy (non-hydrogen) atoms. The van der Waals surface area contributed by atoms with E-state index >= 15 is 0 Å². The number of rotatable bonds is 8. The Hall–Kier alpha value is -2.15. The van der Waals surface area contributed by atoms with E-state index in [0.29, 0.717) is 24.3 Å². The molecule has 0 saturated carbocycles. The SMILES string of the molecule is O=C(CCNS(=O)(=O)c1c(F)cccc1F)N1CCC(N2CCC(Oc3nccs3)CC2)CC1. The Morgan fingerprint density at radius 1 is 1.12 bits per heavy atom. The van der Waals surface area contributed by atoms with E-state index in [4.69, 9.17) is 4.74 Å². The Morgan fingerprint density at radius 3 is 2.41 bits per heavy atom. The van der Waals surface area contributed by atoms with E-state index in [2.05, 4.69) is 14.6 Å². The lowest BCUT2D eigenvalue weighted by Crippen LogP contribution is -2.50. The number of aromatic nitrogens is 1. The number of nitrogens with one attached hydrogen (secondary N) is 1. The number of benzene rings is 1. The number of thiazole rings is 1. The van der Waals surface area contributed by atoms with Crippen molar-refractivity contribution in [3.8, 4) is 5.19 Å². The molecule has 0 radical (unpaired) electrons. The van der Waals surface area contributed by atoms with Crippen molar-refractivity contribution in [2.45, 2.75) is 49.1 Å². The van der Waals surface area contributed by atoms with Crippen LogP contribution in [0.3, 0.4) is 0 Å². The normalized spacial score (nSPS) is 18.8. The Kier molecular flexibility index (Phi) is 8.12. The molecule has 2 aliphatic rings. The lowest BCUT2D eigenvalue weighted by Gasteiger charge is -2.41. The zero-order chi connectivity index (χ0) is 24.1. The fourth-order valence-corrected chi connectivity index (χ4v) is 6.23. The maximum absolute atomic E-state index is 13.8. The first kappa shape index (κ1) is 25.0. The van der Waals surface area contributed by atoms with Crippen LogP contribution in [-0.2, 0) is 14.8 Å². The number of carbonyl (C=O) groups excluding carboxylic acids is 1. The summed E-state index contributed by atoms with van der Waals surface area (Å²) in [5.41, 5.74) is 0. The number of halogens is 2. The van der Waals surface area contributed by atoms with Gasteiger partial charge in [0.25, 0.3) is 5.19 Å². The van der Waals surface area contributed by atoms with Gasteiger partial charge in [-0.1, -0.05) is 17.4 Å². The van der Waals surface area contributed by atoms with Gasteiger partial charge in [0.2, 0.25) is 15.9 Å². The molecule has 2 fully saturated rings. The number of hydrogen-bond acceptors (Lipinski definition) is 7. The van der Waals surface area contributed by atoms with Gasteiger partial charge in [0.1, 0.15) is 17.7 Å². The summed E-state index contributed by atoms with van der Waals surface area (Å²) < 4.78 is 60.0. The standard InChI is InChI=1S/C22H28F2N4O4S2/c23-18-2-1-3-19(24)21(18)34(30,31)26-9-4-20(29)28-11-5-16(6-12-28)27-13-7-17(8-14-27)32-22-25-10-15-33-22/h1-3,10,15-17,26H,4-9,11-14H2. The van der Waals surface area contributed by atoms with Gasteiger partial charge < -0.3 is 9.64 Å². The topological polar surface area (TPSA) is 91.8 Å². The molecule has 8 nitrogen and oxygen atoms in total. The van der Waals surface area contributed by atoms with Gasteiger partial charge in [-0.25, -0.2) is 26.9 Å². The summed E-state index contributed by atoms with van der Waals surface area (Å²) in [5.74, 6) is -2.51. The maximum Gasteiger partial charge on any atom is 0.273 e. The molecular weight excluding hydrogens is 486 g/mol. The molecule has 186 valence electrons. The number of hydrogen-bond donors (Lipinski definition) is 1. The molecule has 4 rings (SSSR count). The Bertz CT molecular complexity index is 1050. The second-order valence-electron chi connectivity index (χ2n) is 8.46. The van der Waals surface area contributed by atoms with E-state index in [-0.39, 0.29) is 25.0 Å². The minimum atomic E-state index is -4.38. The fourth-order valence-electron chi connectivity index (χ4n) is 4.51. The van der Waals surface area contributed by atoms with Crippen molar-refractivity contribution in [2.75, 3.05) is 32.7 Å². The van der Waals surface area contributed by atoms with Crippen molar-refractivity contribution in [1.29, 1.82) is 0 Å². The van der Waals surface area contributed by atoms with E-state index in [9.17, 15) is 22.0 Å². The number of amides is 1. The van der Waals surface area contributed by atoms with Crippen LogP contribution in [0.4, 0.5) is 8.78 Å². The van der Waals surface area contributed by atoms with E-state index in [1.165, 1.54) is 11.3 Å². The van der Waals surface area contributed by atoms with Crippen molar-refractivity contribution in [2.24, 2.45) is 0 Å². The van der Waals surface area contributed by atoms with Gasteiger partial charge in [-0.2, -0.15) is 0 Å². The fraction of sp³-hybridized carbons (Fsp3) is 0.545. The smallest absolute Gasteiger partial charge is 0.273 e. The molecule has 0 spiro atoms. The van der Waals surface area contributed by atoms with Gasteiger partial charge in [0.15, 0.2) is 4.90 Å².